The van der Waals surface area contributed by atoms with Gasteiger partial charge in [-0.3, -0.25) is 0 Å². The van der Waals surface area contributed by atoms with Gasteiger partial charge in [0.15, 0.2) is 0 Å². The van der Waals surface area contributed by atoms with E-state index < -0.39 is 23.1 Å². The lowest BCUT2D eigenvalue weighted by Crippen LogP contribution is -2.56. The van der Waals surface area contributed by atoms with Crippen molar-refractivity contribution in [3.05, 3.63) is 35.1 Å². The van der Waals surface area contributed by atoms with Crippen molar-refractivity contribution in [3.8, 4) is 0 Å². The maximum Gasteiger partial charge on any atom is 0.416 e. The molecule has 0 aromatic heterocycles. The third kappa shape index (κ3) is 2.64. The minimum Gasteiger partial charge on any atom is -0.370 e. The summed E-state index contributed by atoms with van der Waals surface area (Å²) in [4.78, 5) is 0. The minimum absolute atomic E-state index is 0.0890. The van der Waals surface area contributed by atoms with Crippen molar-refractivity contribution in [2.45, 2.75) is 31.9 Å². The first-order valence-corrected chi connectivity index (χ1v) is 5.59. The average Bonchev–Trinajstić information content (AvgIpc) is 2.27. The van der Waals surface area contributed by atoms with Gasteiger partial charge in [-0.2, -0.15) is 13.2 Å². The molecule has 6 heteroatoms. The van der Waals surface area contributed by atoms with Crippen LogP contribution >= 0.6 is 0 Å². The fourth-order valence-electron chi connectivity index (χ4n) is 1.81. The monoisotopic (exact) mass is 263 g/mol. The van der Waals surface area contributed by atoms with E-state index in [1.807, 2.05) is 6.92 Å². The number of benzene rings is 1. The molecule has 1 aromatic rings. The Morgan fingerprint density at radius 3 is 2.61 bits per heavy atom. The Labute approximate surface area is 102 Å². The van der Waals surface area contributed by atoms with Crippen molar-refractivity contribution in [1.29, 1.82) is 0 Å². The van der Waals surface area contributed by atoms with Crippen molar-refractivity contribution < 1.29 is 22.3 Å². The van der Waals surface area contributed by atoms with Crippen LogP contribution in [0.1, 0.15) is 18.1 Å². The van der Waals surface area contributed by atoms with Gasteiger partial charge in [0.05, 0.1) is 18.3 Å². The zero-order valence-corrected chi connectivity index (χ0v) is 9.72. The van der Waals surface area contributed by atoms with Gasteiger partial charge in [-0.05, 0) is 19.1 Å². The maximum absolute atomic E-state index is 13.5. The number of hydrogen-bond acceptors (Lipinski definition) is 2. The average molecular weight is 263 g/mol. The summed E-state index contributed by atoms with van der Waals surface area (Å²) in [5.41, 5.74) is -1.40. The highest BCUT2D eigenvalue weighted by molar-refractivity contribution is 5.30. The molecule has 0 saturated carbocycles. The summed E-state index contributed by atoms with van der Waals surface area (Å²) in [7, 11) is 0. The first-order valence-electron chi connectivity index (χ1n) is 5.59. The quantitative estimate of drug-likeness (QED) is 0.847. The fraction of sp³-hybridized carbons (Fsp3) is 0.500. The number of rotatable bonds is 3. The summed E-state index contributed by atoms with van der Waals surface area (Å²) in [5, 5.41) is 3.01. The molecule has 1 fully saturated rings. The highest BCUT2D eigenvalue weighted by atomic mass is 19.4. The summed E-state index contributed by atoms with van der Waals surface area (Å²) in [6, 6.07) is 3.02. The van der Waals surface area contributed by atoms with Gasteiger partial charge in [-0.15, -0.1) is 0 Å². The van der Waals surface area contributed by atoms with Crippen molar-refractivity contribution in [2.75, 3.05) is 6.54 Å². The summed E-state index contributed by atoms with van der Waals surface area (Å²) in [5.74, 6) is -0.884. The SMILES string of the molecule is CC1NCC1OCc1c(F)cccc1C(F)(F)F. The standard InChI is InChI=1S/C12H13F4NO/c1-7-11(5-17-7)18-6-8-9(12(14,15)16)3-2-4-10(8)13/h2-4,7,11,17H,5-6H2,1H3. The van der Waals surface area contributed by atoms with Gasteiger partial charge in [-0.1, -0.05) is 6.07 Å². The second-order valence-electron chi connectivity index (χ2n) is 4.31. The van der Waals surface area contributed by atoms with Crippen LogP contribution in [0.4, 0.5) is 17.6 Å². The molecule has 2 rings (SSSR count). The van der Waals surface area contributed by atoms with Gasteiger partial charge in [0, 0.05) is 18.2 Å². The zero-order chi connectivity index (χ0) is 13.3. The summed E-state index contributed by atoms with van der Waals surface area (Å²) < 4.78 is 56.8. The molecule has 18 heavy (non-hydrogen) atoms. The van der Waals surface area contributed by atoms with Crippen molar-refractivity contribution in [3.63, 3.8) is 0 Å². The van der Waals surface area contributed by atoms with Crippen LogP contribution in [0.25, 0.3) is 0 Å². The van der Waals surface area contributed by atoms with Gasteiger partial charge in [0.1, 0.15) is 5.82 Å². The first-order chi connectivity index (χ1) is 8.39. The van der Waals surface area contributed by atoms with Crippen LogP contribution in [-0.4, -0.2) is 18.7 Å². The molecule has 0 amide bonds. The van der Waals surface area contributed by atoms with Gasteiger partial charge in [-0.25, -0.2) is 4.39 Å². The molecular formula is C12H13F4NO. The lowest BCUT2D eigenvalue weighted by molar-refractivity contribution is -0.139. The van der Waals surface area contributed by atoms with Gasteiger partial charge in [0.25, 0.3) is 0 Å². The van der Waals surface area contributed by atoms with E-state index in [1.165, 1.54) is 0 Å². The van der Waals surface area contributed by atoms with Crippen molar-refractivity contribution in [1.82, 2.24) is 5.32 Å². The molecule has 1 saturated heterocycles. The number of nitrogens with one attached hydrogen (secondary N) is 1. The van der Waals surface area contributed by atoms with E-state index in [0.717, 1.165) is 18.2 Å². The zero-order valence-electron chi connectivity index (χ0n) is 9.72. The Morgan fingerprint density at radius 1 is 1.39 bits per heavy atom. The molecule has 2 unspecified atom stereocenters. The van der Waals surface area contributed by atoms with Crippen LogP contribution in [0, 0.1) is 5.82 Å². The van der Waals surface area contributed by atoms with E-state index in [4.69, 9.17) is 4.74 Å². The van der Waals surface area contributed by atoms with Crippen LogP contribution in [0.15, 0.2) is 18.2 Å². The molecule has 2 nitrogen and oxygen atoms in total. The molecule has 1 aliphatic heterocycles. The van der Waals surface area contributed by atoms with Crippen LogP contribution in [0.2, 0.25) is 0 Å². The van der Waals surface area contributed by atoms with Crippen LogP contribution in [-0.2, 0) is 17.5 Å². The molecule has 1 aliphatic rings. The highest BCUT2D eigenvalue weighted by Gasteiger charge is 2.35. The second-order valence-corrected chi connectivity index (χ2v) is 4.31. The van der Waals surface area contributed by atoms with Crippen LogP contribution in [0.5, 0.6) is 0 Å². The third-order valence-electron chi connectivity index (χ3n) is 3.06. The maximum atomic E-state index is 13.5. The van der Waals surface area contributed by atoms with E-state index >= 15 is 0 Å². The first kappa shape index (κ1) is 13.3. The van der Waals surface area contributed by atoms with Crippen molar-refractivity contribution >= 4 is 0 Å². The molecule has 1 heterocycles. The van der Waals surface area contributed by atoms with Gasteiger partial charge in [0.2, 0.25) is 0 Å². The smallest absolute Gasteiger partial charge is 0.370 e. The number of ether oxygens (including phenoxy) is 1. The molecule has 0 radical (unpaired) electrons. The molecule has 0 aliphatic carbocycles. The van der Waals surface area contributed by atoms with E-state index in [-0.39, 0.29) is 18.8 Å². The van der Waals surface area contributed by atoms with E-state index in [0.29, 0.717) is 6.54 Å². The fourth-order valence-corrected chi connectivity index (χ4v) is 1.81. The molecule has 1 aromatic carbocycles. The van der Waals surface area contributed by atoms with E-state index in [1.54, 1.807) is 0 Å². The summed E-state index contributed by atoms with van der Waals surface area (Å²) in [6.07, 6.45) is -4.73. The normalized spacial score (nSPS) is 23.8. The van der Waals surface area contributed by atoms with E-state index in [2.05, 4.69) is 5.32 Å². The summed E-state index contributed by atoms with van der Waals surface area (Å²) in [6.45, 7) is 2.08. The highest BCUT2D eigenvalue weighted by Crippen LogP contribution is 2.33. The Morgan fingerprint density at radius 2 is 2.11 bits per heavy atom. The van der Waals surface area contributed by atoms with Crippen LogP contribution in [0.3, 0.4) is 0 Å². The predicted molar refractivity (Wildman–Crippen MR) is 57.4 cm³/mol. The Hall–Kier alpha value is -1.14. The molecule has 0 bridgehead atoms. The molecule has 1 N–H and O–H groups in total. The topological polar surface area (TPSA) is 21.3 Å². The molecular weight excluding hydrogens is 250 g/mol. The number of halogens is 4. The van der Waals surface area contributed by atoms with Gasteiger partial charge < -0.3 is 10.1 Å². The third-order valence-corrected chi connectivity index (χ3v) is 3.06. The van der Waals surface area contributed by atoms with Crippen LogP contribution < -0.4 is 5.32 Å². The summed E-state index contributed by atoms with van der Waals surface area (Å²) >= 11 is 0. The molecule has 100 valence electrons. The molecule has 2 atom stereocenters. The lowest BCUT2D eigenvalue weighted by atomic mass is 10.0. The Balaban J connectivity index is 2.15. The lowest BCUT2D eigenvalue weighted by Gasteiger charge is -2.35. The second kappa shape index (κ2) is 4.85. The van der Waals surface area contributed by atoms with Gasteiger partial charge >= 0.3 is 6.18 Å². The number of hydrogen-bond donors (Lipinski definition) is 1. The van der Waals surface area contributed by atoms with E-state index in [9.17, 15) is 17.6 Å². The molecule has 0 spiro atoms. The Kier molecular flexibility index (Phi) is 3.59. The minimum atomic E-state index is -4.57. The Bertz CT molecular complexity index is 433. The predicted octanol–water partition coefficient (Wildman–Crippen LogP) is 2.72. The van der Waals surface area contributed by atoms with Crippen molar-refractivity contribution in [2.24, 2.45) is 0 Å². The largest absolute Gasteiger partial charge is 0.416 e. The number of alkyl halides is 3.